The SMILES string of the molecule is COc1cccc(CCNC(=O)c2cc(C(=O)NCC3CCCO3)ccn2)c1. The molecule has 1 aliphatic rings. The number of nitrogens with one attached hydrogen (secondary N) is 2. The average molecular weight is 383 g/mol. The molecule has 0 saturated carbocycles. The van der Waals surface area contributed by atoms with Crippen LogP contribution in [0, 0.1) is 0 Å². The van der Waals surface area contributed by atoms with Crippen LogP contribution >= 0.6 is 0 Å². The van der Waals surface area contributed by atoms with Gasteiger partial charge in [-0.1, -0.05) is 12.1 Å². The fraction of sp³-hybridized carbons (Fsp3) is 0.381. The lowest BCUT2D eigenvalue weighted by Crippen LogP contribution is -2.32. The molecule has 1 atom stereocenters. The summed E-state index contributed by atoms with van der Waals surface area (Å²) < 4.78 is 10.7. The normalized spacial score (nSPS) is 15.8. The van der Waals surface area contributed by atoms with Crippen molar-refractivity contribution in [2.45, 2.75) is 25.4 Å². The number of rotatable bonds is 8. The quantitative estimate of drug-likeness (QED) is 0.728. The zero-order chi connectivity index (χ0) is 19.8. The van der Waals surface area contributed by atoms with Gasteiger partial charge in [-0.15, -0.1) is 0 Å². The summed E-state index contributed by atoms with van der Waals surface area (Å²) in [5.41, 5.74) is 1.69. The van der Waals surface area contributed by atoms with Crippen LogP contribution in [0.25, 0.3) is 0 Å². The molecule has 1 unspecified atom stereocenters. The molecule has 0 radical (unpaired) electrons. The molecule has 2 amide bonds. The van der Waals surface area contributed by atoms with Gasteiger partial charge < -0.3 is 20.1 Å². The third-order valence-corrected chi connectivity index (χ3v) is 4.60. The number of hydrogen-bond acceptors (Lipinski definition) is 5. The molecule has 0 aliphatic carbocycles. The van der Waals surface area contributed by atoms with Crippen LogP contribution in [-0.2, 0) is 11.2 Å². The van der Waals surface area contributed by atoms with Crippen LogP contribution in [0.3, 0.4) is 0 Å². The standard InChI is InChI=1S/C21H25N3O4/c1-27-17-5-2-4-15(12-17)7-9-23-21(26)19-13-16(8-10-22-19)20(25)24-14-18-6-3-11-28-18/h2,4-5,8,10,12-13,18H,3,6-7,9,11,14H2,1H3,(H,23,26)(H,24,25). The van der Waals surface area contributed by atoms with E-state index in [0.717, 1.165) is 30.8 Å². The van der Waals surface area contributed by atoms with E-state index in [1.807, 2.05) is 24.3 Å². The van der Waals surface area contributed by atoms with Gasteiger partial charge in [-0.25, -0.2) is 0 Å². The van der Waals surface area contributed by atoms with E-state index >= 15 is 0 Å². The Morgan fingerprint density at radius 2 is 2.11 bits per heavy atom. The number of carbonyl (C=O) groups excluding carboxylic acids is 2. The molecule has 1 aliphatic heterocycles. The third kappa shape index (κ3) is 5.53. The molecule has 1 aromatic heterocycles. The summed E-state index contributed by atoms with van der Waals surface area (Å²) in [6.07, 6.45) is 4.20. The van der Waals surface area contributed by atoms with Gasteiger partial charge in [0.1, 0.15) is 11.4 Å². The lowest BCUT2D eigenvalue weighted by molar-refractivity contribution is 0.0857. The number of benzene rings is 1. The summed E-state index contributed by atoms with van der Waals surface area (Å²) in [7, 11) is 1.62. The van der Waals surface area contributed by atoms with Crippen molar-refractivity contribution in [3.05, 3.63) is 59.4 Å². The second-order valence-electron chi connectivity index (χ2n) is 6.63. The van der Waals surface area contributed by atoms with Gasteiger partial charge in [-0.05, 0) is 49.1 Å². The highest BCUT2D eigenvalue weighted by atomic mass is 16.5. The van der Waals surface area contributed by atoms with Crippen LogP contribution in [-0.4, -0.2) is 49.7 Å². The molecular formula is C21H25N3O4. The Hall–Kier alpha value is -2.93. The first-order valence-corrected chi connectivity index (χ1v) is 9.42. The first-order valence-electron chi connectivity index (χ1n) is 9.42. The molecule has 7 heteroatoms. The van der Waals surface area contributed by atoms with Gasteiger partial charge in [0.15, 0.2) is 0 Å². The Bertz CT molecular complexity index is 819. The molecule has 148 valence electrons. The molecule has 1 aromatic carbocycles. The van der Waals surface area contributed by atoms with Crippen LogP contribution in [0.1, 0.15) is 39.3 Å². The van der Waals surface area contributed by atoms with Crippen LogP contribution in [0.2, 0.25) is 0 Å². The van der Waals surface area contributed by atoms with Gasteiger partial charge in [-0.3, -0.25) is 14.6 Å². The van der Waals surface area contributed by atoms with Crippen molar-refractivity contribution in [3.8, 4) is 5.75 Å². The molecule has 28 heavy (non-hydrogen) atoms. The number of amides is 2. The number of carbonyl (C=O) groups is 2. The second kappa shape index (κ2) is 9.85. The summed E-state index contributed by atoms with van der Waals surface area (Å²) in [4.78, 5) is 28.7. The second-order valence-corrected chi connectivity index (χ2v) is 6.63. The topological polar surface area (TPSA) is 89.5 Å². The Balaban J connectivity index is 1.50. The predicted octanol–water partition coefficient (Wildman–Crippen LogP) is 1.97. The fourth-order valence-corrected chi connectivity index (χ4v) is 3.05. The van der Waals surface area contributed by atoms with Gasteiger partial charge in [0.05, 0.1) is 13.2 Å². The lowest BCUT2D eigenvalue weighted by Gasteiger charge is -2.11. The minimum absolute atomic E-state index is 0.0742. The van der Waals surface area contributed by atoms with E-state index in [4.69, 9.17) is 9.47 Å². The minimum Gasteiger partial charge on any atom is -0.497 e. The predicted molar refractivity (Wildman–Crippen MR) is 105 cm³/mol. The monoisotopic (exact) mass is 383 g/mol. The maximum Gasteiger partial charge on any atom is 0.269 e. The molecule has 1 saturated heterocycles. The number of methoxy groups -OCH3 is 1. The zero-order valence-electron chi connectivity index (χ0n) is 15.9. The highest BCUT2D eigenvalue weighted by molar-refractivity contribution is 5.98. The molecule has 0 bridgehead atoms. The van der Waals surface area contributed by atoms with E-state index in [1.165, 1.54) is 12.3 Å². The minimum atomic E-state index is -0.309. The molecular weight excluding hydrogens is 358 g/mol. The van der Waals surface area contributed by atoms with E-state index in [0.29, 0.717) is 25.1 Å². The van der Waals surface area contributed by atoms with E-state index in [-0.39, 0.29) is 23.6 Å². The van der Waals surface area contributed by atoms with Gasteiger partial charge in [0, 0.05) is 31.5 Å². The number of aromatic nitrogens is 1. The van der Waals surface area contributed by atoms with Gasteiger partial charge in [0.2, 0.25) is 0 Å². The summed E-state index contributed by atoms with van der Waals surface area (Å²) in [5.74, 6) is 0.243. The lowest BCUT2D eigenvalue weighted by atomic mass is 10.1. The summed E-state index contributed by atoms with van der Waals surface area (Å²) >= 11 is 0. The van der Waals surface area contributed by atoms with Crippen molar-refractivity contribution in [2.24, 2.45) is 0 Å². The number of nitrogens with zero attached hydrogens (tertiary/aromatic N) is 1. The Morgan fingerprint density at radius 3 is 2.89 bits per heavy atom. The summed E-state index contributed by atoms with van der Waals surface area (Å²) in [5, 5.41) is 5.68. The van der Waals surface area contributed by atoms with E-state index in [1.54, 1.807) is 13.2 Å². The Labute approximate surface area is 164 Å². The molecule has 1 fully saturated rings. The molecule has 2 heterocycles. The number of ether oxygens (including phenoxy) is 2. The van der Waals surface area contributed by atoms with Gasteiger partial charge in [0.25, 0.3) is 11.8 Å². The van der Waals surface area contributed by atoms with Crippen molar-refractivity contribution in [2.75, 3.05) is 26.8 Å². The summed E-state index contributed by atoms with van der Waals surface area (Å²) in [6.45, 7) is 1.68. The maximum atomic E-state index is 12.3. The highest BCUT2D eigenvalue weighted by Gasteiger charge is 2.17. The van der Waals surface area contributed by atoms with Crippen molar-refractivity contribution in [3.63, 3.8) is 0 Å². The smallest absolute Gasteiger partial charge is 0.269 e. The molecule has 0 spiro atoms. The van der Waals surface area contributed by atoms with Crippen LogP contribution in [0.5, 0.6) is 5.75 Å². The molecule has 7 nitrogen and oxygen atoms in total. The van der Waals surface area contributed by atoms with Gasteiger partial charge >= 0.3 is 0 Å². The van der Waals surface area contributed by atoms with Crippen LogP contribution in [0.15, 0.2) is 42.6 Å². The zero-order valence-corrected chi connectivity index (χ0v) is 15.9. The molecule has 2 aromatic rings. The van der Waals surface area contributed by atoms with E-state index in [9.17, 15) is 9.59 Å². The summed E-state index contributed by atoms with van der Waals surface area (Å²) in [6, 6.07) is 10.8. The van der Waals surface area contributed by atoms with Crippen LogP contribution in [0.4, 0.5) is 0 Å². The first-order chi connectivity index (χ1) is 13.7. The first kappa shape index (κ1) is 19.8. The maximum absolute atomic E-state index is 12.3. The largest absolute Gasteiger partial charge is 0.497 e. The van der Waals surface area contributed by atoms with Crippen molar-refractivity contribution < 1.29 is 19.1 Å². The fourth-order valence-electron chi connectivity index (χ4n) is 3.05. The Morgan fingerprint density at radius 1 is 1.21 bits per heavy atom. The van der Waals surface area contributed by atoms with E-state index in [2.05, 4.69) is 15.6 Å². The van der Waals surface area contributed by atoms with Crippen LogP contribution < -0.4 is 15.4 Å². The highest BCUT2D eigenvalue weighted by Crippen LogP contribution is 2.13. The van der Waals surface area contributed by atoms with Crippen molar-refractivity contribution >= 4 is 11.8 Å². The van der Waals surface area contributed by atoms with Gasteiger partial charge in [-0.2, -0.15) is 0 Å². The Kier molecular flexibility index (Phi) is 6.97. The van der Waals surface area contributed by atoms with Crippen molar-refractivity contribution in [1.29, 1.82) is 0 Å². The molecule has 3 rings (SSSR count). The van der Waals surface area contributed by atoms with Crippen molar-refractivity contribution in [1.82, 2.24) is 15.6 Å². The van der Waals surface area contributed by atoms with E-state index < -0.39 is 0 Å². The molecule has 2 N–H and O–H groups in total. The average Bonchev–Trinajstić information content (AvgIpc) is 3.26. The third-order valence-electron chi connectivity index (χ3n) is 4.60. The number of pyridine rings is 1. The number of hydrogen-bond donors (Lipinski definition) is 2.